The topological polar surface area (TPSA) is 38.1 Å². The molecule has 0 saturated carbocycles. The Hall–Kier alpha value is -1.27. The van der Waals surface area contributed by atoms with Crippen LogP contribution in [0.5, 0.6) is 0 Å². The van der Waals surface area contributed by atoms with Crippen LogP contribution in [0.1, 0.15) is 42.6 Å². The molecule has 0 amide bonds. The van der Waals surface area contributed by atoms with Crippen LogP contribution in [0, 0.1) is 26.2 Å². The van der Waals surface area contributed by atoms with E-state index < -0.39 is 0 Å². The first-order valence-electron chi connectivity index (χ1n) is 6.16. The number of aliphatic hydroxyl groups is 1. The van der Waals surface area contributed by atoms with Crippen molar-refractivity contribution >= 4 is 0 Å². The molecule has 17 heavy (non-hydrogen) atoms. The van der Waals surface area contributed by atoms with Gasteiger partial charge in [0.25, 0.3) is 0 Å². The van der Waals surface area contributed by atoms with E-state index in [9.17, 15) is 5.11 Å². The first-order valence-corrected chi connectivity index (χ1v) is 6.16. The normalized spacial score (nSPS) is 12.4. The van der Waals surface area contributed by atoms with E-state index in [1.165, 1.54) is 11.3 Å². The Morgan fingerprint density at radius 1 is 1.41 bits per heavy atom. The van der Waals surface area contributed by atoms with E-state index in [-0.39, 0.29) is 6.10 Å². The van der Waals surface area contributed by atoms with Gasteiger partial charge in [-0.05, 0) is 45.1 Å². The van der Waals surface area contributed by atoms with Crippen molar-refractivity contribution in [1.82, 2.24) is 9.78 Å². The molecule has 0 saturated heterocycles. The van der Waals surface area contributed by atoms with Crippen molar-refractivity contribution in [2.75, 3.05) is 0 Å². The molecule has 3 heteroatoms. The van der Waals surface area contributed by atoms with Crippen LogP contribution in [-0.2, 0) is 13.5 Å². The van der Waals surface area contributed by atoms with Gasteiger partial charge in [0.1, 0.15) is 0 Å². The Balaban J connectivity index is 2.42. The lowest BCUT2D eigenvalue weighted by atomic mass is 10.0. The van der Waals surface area contributed by atoms with Crippen LogP contribution in [0.25, 0.3) is 0 Å². The number of aliphatic hydroxyl groups excluding tert-OH is 1. The molecule has 0 aliphatic rings. The maximum atomic E-state index is 9.83. The van der Waals surface area contributed by atoms with Crippen molar-refractivity contribution in [3.63, 3.8) is 0 Å². The van der Waals surface area contributed by atoms with Gasteiger partial charge in [-0.15, -0.1) is 12.3 Å². The van der Waals surface area contributed by atoms with Crippen molar-refractivity contribution in [3.05, 3.63) is 17.0 Å². The smallest absolute Gasteiger partial charge is 0.0628 e. The molecule has 94 valence electrons. The summed E-state index contributed by atoms with van der Waals surface area (Å²) >= 11 is 0. The number of hydrogen-bond acceptors (Lipinski definition) is 2. The van der Waals surface area contributed by atoms with Crippen molar-refractivity contribution in [2.24, 2.45) is 7.05 Å². The van der Waals surface area contributed by atoms with E-state index >= 15 is 0 Å². The first kappa shape index (κ1) is 13.8. The molecular weight excluding hydrogens is 212 g/mol. The third-order valence-corrected chi connectivity index (χ3v) is 3.24. The highest BCUT2D eigenvalue weighted by Crippen LogP contribution is 2.16. The number of unbranched alkanes of at least 4 members (excludes halogenated alkanes) is 1. The second kappa shape index (κ2) is 6.46. The van der Waals surface area contributed by atoms with Crippen LogP contribution in [0.2, 0.25) is 0 Å². The third kappa shape index (κ3) is 3.90. The van der Waals surface area contributed by atoms with E-state index in [2.05, 4.69) is 17.9 Å². The minimum absolute atomic E-state index is 0.248. The lowest BCUT2D eigenvalue weighted by molar-refractivity contribution is 0.152. The molecular formula is C14H22N2O. The molecule has 0 bridgehead atoms. The molecule has 0 radical (unpaired) electrons. The summed E-state index contributed by atoms with van der Waals surface area (Å²) in [4.78, 5) is 0. The van der Waals surface area contributed by atoms with Crippen LogP contribution in [0.15, 0.2) is 0 Å². The number of aromatic nitrogens is 2. The average molecular weight is 234 g/mol. The van der Waals surface area contributed by atoms with E-state index in [0.29, 0.717) is 0 Å². The molecule has 1 aromatic rings. The lowest BCUT2D eigenvalue weighted by Gasteiger charge is -2.09. The Kier molecular flexibility index (Phi) is 5.24. The molecule has 0 aliphatic heterocycles. The maximum Gasteiger partial charge on any atom is 0.0628 e. The average Bonchev–Trinajstić information content (AvgIpc) is 2.51. The molecule has 1 heterocycles. The van der Waals surface area contributed by atoms with Gasteiger partial charge in [0.2, 0.25) is 0 Å². The van der Waals surface area contributed by atoms with E-state index in [1.807, 2.05) is 18.7 Å². The Morgan fingerprint density at radius 3 is 2.65 bits per heavy atom. The van der Waals surface area contributed by atoms with Gasteiger partial charge in [-0.2, -0.15) is 5.10 Å². The zero-order chi connectivity index (χ0) is 12.8. The molecule has 0 aliphatic carbocycles. The van der Waals surface area contributed by atoms with E-state index in [4.69, 9.17) is 6.42 Å². The highest BCUT2D eigenvalue weighted by molar-refractivity contribution is 5.24. The van der Waals surface area contributed by atoms with Gasteiger partial charge in [0.05, 0.1) is 11.8 Å². The molecule has 0 aromatic carbocycles. The fourth-order valence-electron chi connectivity index (χ4n) is 2.07. The summed E-state index contributed by atoms with van der Waals surface area (Å²) in [7, 11) is 1.95. The quantitative estimate of drug-likeness (QED) is 0.605. The predicted molar refractivity (Wildman–Crippen MR) is 69.7 cm³/mol. The number of terminal acetylenes is 1. The number of rotatable bonds is 6. The zero-order valence-electron chi connectivity index (χ0n) is 11.0. The molecule has 1 aromatic heterocycles. The minimum atomic E-state index is -0.248. The number of aryl methyl sites for hydroxylation is 2. The van der Waals surface area contributed by atoms with Gasteiger partial charge in [0, 0.05) is 19.2 Å². The van der Waals surface area contributed by atoms with E-state index in [0.717, 1.165) is 37.8 Å². The van der Waals surface area contributed by atoms with Crippen LogP contribution >= 0.6 is 0 Å². The third-order valence-electron chi connectivity index (χ3n) is 3.24. The predicted octanol–water partition coefficient (Wildman–Crippen LogP) is 2.13. The molecule has 0 spiro atoms. The summed E-state index contributed by atoms with van der Waals surface area (Å²) in [6.07, 6.45) is 9.06. The molecule has 0 fully saturated rings. The Morgan fingerprint density at radius 2 is 2.12 bits per heavy atom. The lowest BCUT2D eigenvalue weighted by Crippen LogP contribution is -2.08. The fourth-order valence-corrected chi connectivity index (χ4v) is 2.07. The molecule has 1 N–H and O–H groups in total. The maximum absolute atomic E-state index is 9.83. The van der Waals surface area contributed by atoms with Crippen molar-refractivity contribution in [2.45, 2.75) is 52.1 Å². The van der Waals surface area contributed by atoms with E-state index in [1.54, 1.807) is 0 Å². The second-order valence-electron chi connectivity index (χ2n) is 4.56. The van der Waals surface area contributed by atoms with Gasteiger partial charge >= 0.3 is 0 Å². The van der Waals surface area contributed by atoms with Crippen LogP contribution in [0.3, 0.4) is 0 Å². The first-order chi connectivity index (χ1) is 8.06. The summed E-state index contributed by atoms with van der Waals surface area (Å²) in [6.45, 7) is 4.09. The van der Waals surface area contributed by atoms with Crippen LogP contribution in [-0.4, -0.2) is 21.0 Å². The molecule has 1 unspecified atom stereocenters. The Bertz CT molecular complexity index is 401. The fraction of sp³-hybridized carbons (Fsp3) is 0.643. The summed E-state index contributed by atoms with van der Waals surface area (Å²) in [5, 5.41) is 14.2. The summed E-state index contributed by atoms with van der Waals surface area (Å²) in [5.74, 6) is 2.59. The number of nitrogens with zero attached hydrogens (tertiary/aromatic N) is 2. The van der Waals surface area contributed by atoms with Crippen molar-refractivity contribution < 1.29 is 5.11 Å². The standard InChI is InChI=1S/C14H22N2O/c1-5-6-7-8-13(17)9-10-14-11(2)15-16(4)12(14)3/h1,13,17H,6-10H2,2-4H3. The van der Waals surface area contributed by atoms with Crippen LogP contribution in [0.4, 0.5) is 0 Å². The molecule has 3 nitrogen and oxygen atoms in total. The summed E-state index contributed by atoms with van der Waals surface area (Å²) in [6, 6.07) is 0. The van der Waals surface area contributed by atoms with Gasteiger partial charge in [-0.1, -0.05) is 0 Å². The summed E-state index contributed by atoms with van der Waals surface area (Å²) < 4.78 is 1.90. The second-order valence-corrected chi connectivity index (χ2v) is 4.56. The number of hydrogen-bond donors (Lipinski definition) is 1. The molecule has 1 atom stereocenters. The largest absolute Gasteiger partial charge is 0.393 e. The SMILES string of the molecule is C#CCCCC(O)CCc1c(C)nn(C)c1C. The minimum Gasteiger partial charge on any atom is -0.393 e. The zero-order valence-corrected chi connectivity index (χ0v) is 11.0. The van der Waals surface area contributed by atoms with Gasteiger partial charge in [-0.25, -0.2) is 0 Å². The van der Waals surface area contributed by atoms with Gasteiger partial charge in [0.15, 0.2) is 0 Å². The van der Waals surface area contributed by atoms with Gasteiger partial charge in [-0.3, -0.25) is 4.68 Å². The van der Waals surface area contributed by atoms with Crippen molar-refractivity contribution in [3.8, 4) is 12.3 Å². The summed E-state index contributed by atoms with van der Waals surface area (Å²) in [5.41, 5.74) is 3.53. The van der Waals surface area contributed by atoms with Gasteiger partial charge < -0.3 is 5.11 Å². The van der Waals surface area contributed by atoms with Crippen molar-refractivity contribution in [1.29, 1.82) is 0 Å². The molecule has 1 rings (SSSR count). The monoisotopic (exact) mass is 234 g/mol. The van der Waals surface area contributed by atoms with Crippen LogP contribution < -0.4 is 0 Å². The Labute approximate surface area is 104 Å². The highest BCUT2D eigenvalue weighted by Gasteiger charge is 2.11. The highest BCUT2D eigenvalue weighted by atomic mass is 16.3.